The van der Waals surface area contributed by atoms with Gasteiger partial charge >= 0.3 is 0 Å². The van der Waals surface area contributed by atoms with Crippen molar-refractivity contribution in [3.05, 3.63) is 34.5 Å². The van der Waals surface area contributed by atoms with Gasteiger partial charge in [-0.05, 0) is 18.2 Å². The normalized spacial score (nSPS) is 10.9. The van der Waals surface area contributed by atoms with E-state index in [1.54, 1.807) is 18.2 Å². The molecule has 1 N–H and O–H groups in total. The van der Waals surface area contributed by atoms with Crippen LogP contribution in [0.25, 0.3) is 21.9 Å². The lowest BCUT2D eigenvalue weighted by molar-refractivity contribution is 0.335. The van der Waals surface area contributed by atoms with Gasteiger partial charge in [0.25, 0.3) is 0 Å². The number of methoxy groups -OCH3 is 3. The van der Waals surface area contributed by atoms with E-state index in [0.717, 1.165) is 0 Å². The topological polar surface area (TPSA) is 78.1 Å². The fourth-order valence-corrected chi connectivity index (χ4v) is 2.45. The van der Waals surface area contributed by atoms with E-state index in [2.05, 4.69) is 0 Å². The lowest BCUT2D eigenvalue weighted by Crippen LogP contribution is -2.05. The molecule has 2 aromatic carbocycles. The van der Waals surface area contributed by atoms with E-state index in [0.29, 0.717) is 16.7 Å². The van der Waals surface area contributed by atoms with Crippen molar-refractivity contribution in [2.75, 3.05) is 21.3 Å². The van der Waals surface area contributed by atoms with Gasteiger partial charge in [0.1, 0.15) is 22.3 Å². The van der Waals surface area contributed by atoms with Gasteiger partial charge in [-0.1, -0.05) is 0 Å². The molecule has 0 atom stereocenters. The Kier molecular flexibility index (Phi) is 3.29. The Morgan fingerprint density at radius 2 is 1.68 bits per heavy atom. The molecule has 1 heterocycles. The van der Waals surface area contributed by atoms with Crippen molar-refractivity contribution in [1.82, 2.24) is 0 Å². The molecular weight excluding hydrogens is 288 g/mol. The molecule has 0 saturated carbocycles. The molecule has 0 spiro atoms. The maximum Gasteiger partial charge on any atom is 0.204 e. The van der Waals surface area contributed by atoms with Crippen LogP contribution in [0.4, 0.5) is 0 Å². The Hall–Kier alpha value is -2.89. The van der Waals surface area contributed by atoms with Gasteiger partial charge in [0, 0.05) is 6.07 Å². The Morgan fingerprint density at radius 1 is 0.955 bits per heavy atom. The highest BCUT2D eigenvalue weighted by atomic mass is 16.5. The summed E-state index contributed by atoms with van der Waals surface area (Å²) in [5.41, 5.74) is 0.327. The molecule has 1 aromatic heterocycles. The highest BCUT2D eigenvalue weighted by Crippen LogP contribution is 2.42. The number of hydrogen-bond acceptors (Lipinski definition) is 6. The van der Waals surface area contributed by atoms with Crippen molar-refractivity contribution in [1.29, 1.82) is 0 Å². The number of aromatic hydroxyl groups is 1. The van der Waals surface area contributed by atoms with E-state index in [9.17, 15) is 9.90 Å². The number of benzene rings is 2. The molecule has 0 saturated heterocycles. The first-order valence-corrected chi connectivity index (χ1v) is 6.49. The molecule has 0 bridgehead atoms. The molecule has 0 aliphatic heterocycles. The Bertz CT molecular complexity index is 925. The van der Waals surface area contributed by atoms with E-state index in [1.165, 1.54) is 27.4 Å². The van der Waals surface area contributed by atoms with Gasteiger partial charge in [-0.15, -0.1) is 0 Å². The van der Waals surface area contributed by atoms with Gasteiger partial charge < -0.3 is 23.7 Å². The molecule has 114 valence electrons. The molecule has 6 nitrogen and oxygen atoms in total. The number of rotatable bonds is 3. The van der Waals surface area contributed by atoms with Crippen LogP contribution >= 0.6 is 0 Å². The third-order valence-electron chi connectivity index (χ3n) is 3.47. The van der Waals surface area contributed by atoms with Gasteiger partial charge in [-0.3, -0.25) is 4.79 Å². The fourth-order valence-electron chi connectivity index (χ4n) is 2.45. The first-order chi connectivity index (χ1) is 10.6. The standard InChI is InChI=1S/C16H14O6/c1-19-8-4-5-11-9(6-8)14(18)13-12(22-11)7-10(17)15(20-2)16(13)21-3/h4-7,17H,1-3H3. The average Bonchev–Trinajstić information content (AvgIpc) is 2.53. The summed E-state index contributed by atoms with van der Waals surface area (Å²) in [6.07, 6.45) is 0. The quantitative estimate of drug-likeness (QED) is 0.749. The van der Waals surface area contributed by atoms with E-state index in [1.807, 2.05) is 0 Å². The van der Waals surface area contributed by atoms with Crippen LogP contribution in [-0.4, -0.2) is 26.4 Å². The van der Waals surface area contributed by atoms with E-state index < -0.39 is 0 Å². The van der Waals surface area contributed by atoms with Crippen LogP contribution in [0.1, 0.15) is 0 Å². The van der Waals surface area contributed by atoms with Gasteiger partial charge in [0.2, 0.25) is 11.2 Å². The smallest absolute Gasteiger partial charge is 0.204 e. The summed E-state index contributed by atoms with van der Waals surface area (Å²) in [6.45, 7) is 0. The van der Waals surface area contributed by atoms with Crippen molar-refractivity contribution >= 4 is 21.9 Å². The SMILES string of the molecule is COc1ccc2oc3cc(O)c(OC)c(OC)c3c(=O)c2c1. The molecule has 0 fully saturated rings. The fraction of sp³-hybridized carbons (Fsp3) is 0.188. The first-order valence-electron chi connectivity index (χ1n) is 6.49. The van der Waals surface area contributed by atoms with E-state index in [4.69, 9.17) is 18.6 Å². The van der Waals surface area contributed by atoms with Crippen molar-refractivity contribution in [3.63, 3.8) is 0 Å². The monoisotopic (exact) mass is 302 g/mol. The minimum absolute atomic E-state index is 0.0875. The minimum Gasteiger partial charge on any atom is -0.504 e. The van der Waals surface area contributed by atoms with Crippen LogP contribution in [0, 0.1) is 0 Å². The molecule has 22 heavy (non-hydrogen) atoms. The van der Waals surface area contributed by atoms with Crippen molar-refractivity contribution in [2.24, 2.45) is 0 Å². The van der Waals surface area contributed by atoms with Gasteiger partial charge in [0.05, 0.1) is 26.7 Å². The van der Waals surface area contributed by atoms with Gasteiger partial charge in [-0.2, -0.15) is 0 Å². The molecular formula is C16H14O6. The van der Waals surface area contributed by atoms with Crippen molar-refractivity contribution in [2.45, 2.75) is 0 Å². The number of ether oxygens (including phenoxy) is 3. The lowest BCUT2D eigenvalue weighted by Gasteiger charge is -2.12. The largest absolute Gasteiger partial charge is 0.504 e. The zero-order valence-electron chi connectivity index (χ0n) is 12.3. The van der Waals surface area contributed by atoms with Crippen molar-refractivity contribution < 1.29 is 23.7 Å². The first kappa shape index (κ1) is 14.1. The van der Waals surface area contributed by atoms with Gasteiger partial charge in [-0.25, -0.2) is 0 Å². The van der Waals surface area contributed by atoms with Crippen molar-refractivity contribution in [3.8, 4) is 23.0 Å². The van der Waals surface area contributed by atoms with E-state index >= 15 is 0 Å². The summed E-state index contributed by atoms with van der Waals surface area (Å²) in [5, 5.41) is 10.5. The van der Waals surface area contributed by atoms with Crippen LogP contribution in [-0.2, 0) is 0 Å². The number of phenolic OH excluding ortho intramolecular Hbond substituents is 1. The zero-order chi connectivity index (χ0) is 15.9. The molecule has 6 heteroatoms. The summed E-state index contributed by atoms with van der Waals surface area (Å²) in [5.74, 6) is 0.604. The predicted molar refractivity (Wildman–Crippen MR) is 81.3 cm³/mol. The Labute approximate surface area is 125 Å². The van der Waals surface area contributed by atoms with Crippen LogP contribution < -0.4 is 19.6 Å². The summed E-state index contributed by atoms with van der Waals surface area (Å²) in [7, 11) is 4.30. The summed E-state index contributed by atoms with van der Waals surface area (Å²) in [4.78, 5) is 12.8. The second kappa shape index (κ2) is 5.14. The summed E-state index contributed by atoms with van der Waals surface area (Å²) < 4.78 is 21.2. The second-order valence-corrected chi connectivity index (χ2v) is 4.63. The average molecular weight is 302 g/mol. The Morgan fingerprint density at radius 3 is 2.32 bits per heavy atom. The second-order valence-electron chi connectivity index (χ2n) is 4.63. The molecule has 0 unspecified atom stereocenters. The highest BCUT2D eigenvalue weighted by molar-refractivity contribution is 5.96. The third-order valence-corrected chi connectivity index (χ3v) is 3.47. The molecule has 0 aliphatic rings. The van der Waals surface area contributed by atoms with Gasteiger partial charge in [0.15, 0.2) is 11.5 Å². The maximum atomic E-state index is 12.8. The number of hydrogen-bond donors (Lipinski definition) is 1. The van der Waals surface area contributed by atoms with Crippen LogP contribution in [0.3, 0.4) is 0 Å². The molecule has 3 rings (SSSR count). The molecule has 0 amide bonds. The van der Waals surface area contributed by atoms with E-state index in [-0.39, 0.29) is 33.6 Å². The number of fused-ring (bicyclic) bond motifs is 2. The lowest BCUT2D eigenvalue weighted by atomic mass is 10.1. The molecule has 3 aromatic rings. The summed E-state index contributed by atoms with van der Waals surface area (Å²) in [6, 6.07) is 6.27. The molecule has 0 radical (unpaired) electrons. The van der Waals surface area contributed by atoms with Crippen LogP contribution in [0.2, 0.25) is 0 Å². The minimum atomic E-state index is -0.287. The third kappa shape index (κ3) is 1.92. The zero-order valence-corrected chi connectivity index (χ0v) is 12.3. The Balaban J connectivity index is 2.53. The summed E-state index contributed by atoms with van der Waals surface area (Å²) >= 11 is 0. The predicted octanol–water partition coefficient (Wildman–Crippen LogP) is 2.68. The highest BCUT2D eigenvalue weighted by Gasteiger charge is 2.20. The van der Waals surface area contributed by atoms with Crippen LogP contribution in [0.15, 0.2) is 33.5 Å². The molecule has 0 aliphatic carbocycles. The number of phenols is 1. The maximum absolute atomic E-state index is 12.8. The van der Waals surface area contributed by atoms with Crippen LogP contribution in [0.5, 0.6) is 23.0 Å².